The lowest BCUT2D eigenvalue weighted by atomic mass is 10.1. The lowest BCUT2D eigenvalue weighted by Crippen LogP contribution is -2.35. The van der Waals surface area contributed by atoms with E-state index in [4.69, 9.17) is 4.74 Å². The minimum atomic E-state index is -1.20. The number of aldehydes is 1. The normalized spacial score (nSPS) is 13.1. The van der Waals surface area contributed by atoms with E-state index < -0.39 is 18.3 Å². The predicted octanol–water partition coefficient (Wildman–Crippen LogP) is 1.88. The molecule has 1 aromatic heterocycles. The van der Waals surface area contributed by atoms with E-state index in [-0.39, 0.29) is 13.2 Å². The fourth-order valence-corrected chi connectivity index (χ4v) is 2.72. The Bertz CT molecular complexity index is 643. The zero-order valence-corrected chi connectivity index (χ0v) is 13.0. The second-order valence-corrected chi connectivity index (χ2v) is 5.96. The maximum Gasteiger partial charge on any atom is 0.407 e. The Labute approximate surface area is 137 Å². The molecule has 3 N–H and O–H groups in total. The molecule has 0 aliphatic carbocycles. The van der Waals surface area contributed by atoms with Gasteiger partial charge in [-0.3, -0.25) is 4.79 Å². The number of carbonyl (C=O) groups excluding carboxylic acids is 2. The van der Waals surface area contributed by atoms with E-state index in [9.17, 15) is 19.8 Å². The molecule has 2 aromatic rings. The minimum absolute atomic E-state index is 0.124. The standard InChI is InChI=1S/C16H17NO5S/c18-9-12-6-7-14(23-12)15(20)13(19)8-17-16(21)22-10-11-4-2-1-3-5-11/h1-7,9,13,15,19-20H,8,10H2,(H,17,21). The van der Waals surface area contributed by atoms with Gasteiger partial charge in [0.25, 0.3) is 0 Å². The predicted molar refractivity (Wildman–Crippen MR) is 85.3 cm³/mol. The van der Waals surface area contributed by atoms with Crippen LogP contribution in [0.15, 0.2) is 42.5 Å². The van der Waals surface area contributed by atoms with Crippen molar-refractivity contribution in [2.75, 3.05) is 6.54 Å². The van der Waals surface area contributed by atoms with Crippen LogP contribution in [-0.2, 0) is 11.3 Å². The number of hydrogen-bond donors (Lipinski definition) is 3. The third-order valence-corrected chi connectivity index (χ3v) is 4.17. The number of alkyl carbamates (subject to hydrolysis) is 1. The lowest BCUT2D eigenvalue weighted by Gasteiger charge is -2.17. The quantitative estimate of drug-likeness (QED) is 0.672. The first-order chi connectivity index (χ1) is 11.1. The molecule has 0 fully saturated rings. The number of nitrogens with one attached hydrogen (secondary N) is 1. The summed E-state index contributed by atoms with van der Waals surface area (Å²) in [6, 6.07) is 12.3. The summed E-state index contributed by atoms with van der Waals surface area (Å²) in [6.07, 6.45) is -2.38. The number of thiophene rings is 1. The summed E-state index contributed by atoms with van der Waals surface area (Å²) in [5.41, 5.74) is 0.850. The molecule has 122 valence electrons. The molecule has 7 heteroatoms. The van der Waals surface area contributed by atoms with Crippen molar-refractivity contribution in [3.63, 3.8) is 0 Å². The SMILES string of the molecule is O=Cc1ccc(C(O)C(O)CNC(=O)OCc2ccccc2)s1. The first-order valence-corrected chi connectivity index (χ1v) is 7.77. The second kappa shape index (κ2) is 8.42. The van der Waals surface area contributed by atoms with E-state index >= 15 is 0 Å². The maximum absolute atomic E-state index is 11.6. The average molecular weight is 335 g/mol. The monoisotopic (exact) mass is 335 g/mol. The molecule has 0 bridgehead atoms. The Kier molecular flexibility index (Phi) is 6.28. The summed E-state index contributed by atoms with van der Waals surface area (Å²) >= 11 is 1.09. The van der Waals surface area contributed by atoms with Gasteiger partial charge in [-0.2, -0.15) is 0 Å². The summed E-state index contributed by atoms with van der Waals surface area (Å²) in [5, 5.41) is 22.2. The Morgan fingerprint density at radius 2 is 1.96 bits per heavy atom. The molecule has 2 rings (SSSR count). The van der Waals surface area contributed by atoms with Gasteiger partial charge >= 0.3 is 6.09 Å². The van der Waals surface area contributed by atoms with Crippen LogP contribution in [0, 0.1) is 0 Å². The molecule has 0 aliphatic heterocycles. The molecule has 23 heavy (non-hydrogen) atoms. The van der Waals surface area contributed by atoms with Gasteiger partial charge in [-0.05, 0) is 17.7 Å². The van der Waals surface area contributed by atoms with Gasteiger partial charge < -0.3 is 20.3 Å². The van der Waals surface area contributed by atoms with E-state index in [1.807, 2.05) is 30.3 Å². The number of aliphatic hydroxyl groups is 2. The van der Waals surface area contributed by atoms with Gasteiger partial charge in [-0.1, -0.05) is 30.3 Å². The molecule has 6 nitrogen and oxygen atoms in total. The molecule has 2 atom stereocenters. The zero-order valence-electron chi connectivity index (χ0n) is 12.2. The molecular formula is C16H17NO5S. The van der Waals surface area contributed by atoms with Crippen molar-refractivity contribution in [1.82, 2.24) is 5.32 Å². The Morgan fingerprint density at radius 3 is 2.61 bits per heavy atom. The summed E-state index contributed by atoms with van der Waals surface area (Å²) < 4.78 is 5.00. The van der Waals surface area contributed by atoms with Crippen molar-refractivity contribution in [3.8, 4) is 0 Å². The number of amides is 1. The molecule has 0 radical (unpaired) electrons. The number of carbonyl (C=O) groups is 2. The molecule has 1 aromatic carbocycles. The molecule has 1 heterocycles. The first-order valence-electron chi connectivity index (χ1n) is 6.95. The largest absolute Gasteiger partial charge is 0.445 e. The van der Waals surface area contributed by atoms with Crippen molar-refractivity contribution in [2.24, 2.45) is 0 Å². The Hall–Kier alpha value is -2.22. The fraction of sp³-hybridized carbons (Fsp3) is 0.250. The van der Waals surface area contributed by atoms with Crippen molar-refractivity contribution in [3.05, 3.63) is 57.8 Å². The van der Waals surface area contributed by atoms with Crippen LogP contribution >= 0.6 is 11.3 Å². The third-order valence-electron chi connectivity index (χ3n) is 3.09. The van der Waals surface area contributed by atoms with Crippen LogP contribution < -0.4 is 5.32 Å². The van der Waals surface area contributed by atoms with Gasteiger partial charge in [-0.15, -0.1) is 11.3 Å². The van der Waals surface area contributed by atoms with E-state index in [0.717, 1.165) is 16.9 Å². The molecule has 0 saturated carbocycles. The summed E-state index contributed by atoms with van der Waals surface area (Å²) in [4.78, 5) is 23.1. The molecule has 2 unspecified atom stereocenters. The van der Waals surface area contributed by atoms with E-state index in [1.54, 1.807) is 12.1 Å². The van der Waals surface area contributed by atoms with E-state index in [0.29, 0.717) is 16.0 Å². The number of benzene rings is 1. The molecule has 0 aliphatic rings. The third kappa shape index (κ3) is 5.17. The molecular weight excluding hydrogens is 318 g/mol. The molecule has 0 spiro atoms. The highest BCUT2D eigenvalue weighted by molar-refractivity contribution is 7.13. The van der Waals surface area contributed by atoms with Gasteiger partial charge in [-0.25, -0.2) is 4.79 Å². The zero-order chi connectivity index (χ0) is 16.7. The van der Waals surface area contributed by atoms with Crippen molar-refractivity contribution < 1.29 is 24.5 Å². The lowest BCUT2D eigenvalue weighted by molar-refractivity contribution is 0.0205. The summed E-state index contributed by atoms with van der Waals surface area (Å²) in [5.74, 6) is 0. The highest BCUT2D eigenvalue weighted by Gasteiger charge is 2.21. The van der Waals surface area contributed by atoms with Gasteiger partial charge in [0.2, 0.25) is 0 Å². The number of rotatable bonds is 7. The Balaban J connectivity index is 1.75. The van der Waals surface area contributed by atoms with Crippen molar-refractivity contribution in [1.29, 1.82) is 0 Å². The van der Waals surface area contributed by atoms with Crippen LogP contribution in [0.3, 0.4) is 0 Å². The summed E-state index contributed by atoms with van der Waals surface area (Å²) in [7, 11) is 0. The van der Waals surface area contributed by atoms with Gasteiger partial charge in [0.05, 0.1) is 4.88 Å². The smallest absolute Gasteiger partial charge is 0.407 e. The Morgan fingerprint density at radius 1 is 1.22 bits per heavy atom. The van der Waals surface area contributed by atoms with E-state index in [2.05, 4.69) is 5.32 Å². The van der Waals surface area contributed by atoms with Crippen LogP contribution in [0.4, 0.5) is 4.79 Å². The van der Waals surface area contributed by atoms with Gasteiger partial charge in [0, 0.05) is 11.4 Å². The van der Waals surface area contributed by atoms with Gasteiger partial charge in [0.1, 0.15) is 18.8 Å². The minimum Gasteiger partial charge on any atom is -0.445 e. The summed E-state index contributed by atoms with van der Waals surface area (Å²) in [6.45, 7) is -0.0396. The van der Waals surface area contributed by atoms with Crippen LogP contribution in [0.1, 0.15) is 26.2 Å². The first kappa shape index (κ1) is 17.1. The van der Waals surface area contributed by atoms with E-state index in [1.165, 1.54) is 0 Å². The number of aliphatic hydroxyl groups excluding tert-OH is 2. The molecule has 1 amide bonds. The van der Waals surface area contributed by atoms with Crippen LogP contribution in [-0.4, -0.2) is 35.2 Å². The van der Waals surface area contributed by atoms with Crippen LogP contribution in [0.5, 0.6) is 0 Å². The second-order valence-electron chi connectivity index (χ2n) is 4.81. The number of hydrogen-bond acceptors (Lipinski definition) is 6. The molecule has 0 saturated heterocycles. The van der Waals surface area contributed by atoms with Crippen LogP contribution in [0.25, 0.3) is 0 Å². The highest BCUT2D eigenvalue weighted by atomic mass is 32.1. The van der Waals surface area contributed by atoms with Crippen LogP contribution in [0.2, 0.25) is 0 Å². The topological polar surface area (TPSA) is 95.9 Å². The highest BCUT2D eigenvalue weighted by Crippen LogP contribution is 2.24. The number of ether oxygens (including phenoxy) is 1. The van der Waals surface area contributed by atoms with Crippen molar-refractivity contribution >= 4 is 23.7 Å². The van der Waals surface area contributed by atoms with Gasteiger partial charge in [0.15, 0.2) is 6.29 Å². The maximum atomic E-state index is 11.6. The average Bonchev–Trinajstić information content (AvgIpc) is 3.07. The fourth-order valence-electron chi connectivity index (χ4n) is 1.85. The van der Waals surface area contributed by atoms with Crippen molar-refractivity contribution in [2.45, 2.75) is 18.8 Å².